The molecule has 0 saturated carbocycles. The third-order valence-corrected chi connectivity index (χ3v) is 14.3. The summed E-state index contributed by atoms with van der Waals surface area (Å²) in [6.07, 6.45) is 64.9. The molecule has 0 aliphatic rings. The maximum atomic E-state index is 13.0. The molecular weight excluding hydrogens is 879 g/mol. The van der Waals surface area contributed by atoms with Crippen LogP contribution in [0.3, 0.4) is 0 Å². The van der Waals surface area contributed by atoms with Crippen molar-refractivity contribution < 1.29 is 28.9 Å². The monoisotopic (exact) mass is 1000 g/mol. The largest absolute Gasteiger partial charge is 0.490 e. The van der Waals surface area contributed by atoms with Gasteiger partial charge in [0.2, 0.25) is 5.75 Å². The number of hydrogen-bond donors (Lipinski definition) is 2. The van der Waals surface area contributed by atoms with Crippen molar-refractivity contribution in [3.63, 3.8) is 0 Å². The van der Waals surface area contributed by atoms with Gasteiger partial charge in [-0.1, -0.05) is 310 Å². The van der Waals surface area contributed by atoms with Gasteiger partial charge in [0, 0.05) is 19.5 Å². The van der Waals surface area contributed by atoms with Gasteiger partial charge in [0.15, 0.2) is 11.5 Å². The van der Waals surface area contributed by atoms with E-state index in [2.05, 4.69) is 26.1 Å². The van der Waals surface area contributed by atoms with Crippen molar-refractivity contribution >= 4 is 11.9 Å². The summed E-state index contributed by atoms with van der Waals surface area (Å²) in [4.78, 5) is 22.0. The Hall–Kier alpha value is -2.44. The number of carboxylic acid groups (broad SMARTS) is 1. The molecule has 0 spiro atoms. The normalized spacial score (nSPS) is 11.1. The van der Waals surface area contributed by atoms with Crippen LogP contribution in [-0.2, 0) is 4.79 Å². The summed E-state index contributed by atoms with van der Waals surface area (Å²) in [7, 11) is 1.69. The van der Waals surface area contributed by atoms with Crippen LogP contribution < -0.4 is 19.5 Å². The minimum Gasteiger partial charge on any atom is -0.490 e. The van der Waals surface area contributed by atoms with Crippen LogP contribution in [0.2, 0.25) is 0 Å². The van der Waals surface area contributed by atoms with Crippen molar-refractivity contribution in [1.29, 1.82) is 0 Å². The highest BCUT2D eigenvalue weighted by atomic mass is 16.5. The molecule has 1 aromatic carbocycles. The van der Waals surface area contributed by atoms with Gasteiger partial charge in [-0.25, -0.2) is 0 Å². The Balaban J connectivity index is 0.0000118. The highest BCUT2D eigenvalue weighted by Gasteiger charge is 2.19. The third kappa shape index (κ3) is 49.5. The number of carboxylic acids is 1. The van der Waals surface area contributed by atoms with E-state index in [1.807, 2.05) is 12.1 Å². The molecule has 1 aromatic rings. The SMILES string of the molecule is CC(=O)O.CCCCCCCCCCCCCCCCCCOc1cc(C(=O)NC)cc(OCCCCCCCCCCCCCCCCCC)c1OCCCCCCCCCCCCCCCCCC. The zero-order chi connectivity index (χ0) is 51.8. The Labute approximate surface area is 442 Å². The van der Waals surface area contributed by atoms with Crippen LogP contribution in [0.15, 0.2) is 12.1 Å². The average molecular weight is 1000 g/mol. The van der Waals surface area contributed by atoms with E-state index in [-0.39, 0.29) is 5.91 Å². The number of amides is 1. The molecule has 0 atom stereocenters. The van der Waals surface area contributed by atoms with E-state index in [1.54, 1.807) is 7.05 Å². The van der Waals surface area contributed by atoms with Crippen molar-refractivity contribution in [1.82, 2.24) is 5.32 Å². The van der Waals surface area contributed by atoms with Gasteiger partial charge in [0.1, 0.15) is 0 Å². The van der Waals surface area contributed by atoms with Crippen LogP contribution in [0.4, 0.5) is 0 Å². The lowest BCUT2D eigenvalue weighted by molar-refractivity contribution is -0.134. The Morgan fingerprint density at radius 1 is 0.352 bits per heavy atom. The predicted molar refractivity (Wildman–Crippen MR) is 308 cm³/mol. The van der Waals surface area contributed by atoms with Gasteiger partial charge in [-0.3, -0.25) is 9.59 Å². The van der Waals surface area contributed by atoms with Crippen molar-refractivity contribution in [3.05, 3.63) is 17.7 Å². The molecule has 0 aromatic heterocycles. The van der Waals surface area contributed by atoms with Gasteiger partial charge < -0.3 is 24.6 Å². The number of carbonyl (C=O) groups is 2. The first-order valence-electron chi connectivity index (χ1n) is 31.4. The predicted octanol–water partition coefficient (Wildman–Crippen LogP) is 21.1. The molecule has 7 heteroatoms. The second kappa shape index (κ2) is 56.8. The van der Waals surface area contributed by atoms with Crippen molar-refractivity contribution in [2.45, 2.75) is 336 Å². The molecule has 71 heavy (non-hydrogen) atoms. The second-order valence-electron chi connectivity index (χ2n) is 21.4. The van der Waals surface area contributed by atoms with Crippen LogP contribution >= 0.6 is 0 Å². The van der Waals surface area contributed by atoms with Gasteiger partial charge in [-0.2, -0.15) is 0 Å². The molecule has 1 rings (SSSR count). The summed E-state index contributed by atoms with van der Waals surface area (Å²) in [5, 5.41) is 10.2. The molecule has 1 amide bonds. The molecular formula is C64H121NO6. The fourth-order valence-corrected chi connectivity index (χ4v) is 9.70. The van der Waals surface area contributed by atoms with Crippen LogP contribution in [0.1, 0.15) is 346 Å². The second-order valence-corrected chi connectivity index (χ2v) is 21.4. The first-order valence-corrected chi connectivity index (χ1v) is 31.4. The number of carbonyl (C=O) groups excluding carboxylic acids is 1. The first-order chi connectivity index (χ1) is 34.9. The number of aliphatic carboxylic acids is 1. The Bertz CT molecular complexity index is 1190. The molecule has 0 bridgehead atoms. The smallest absolute Gasteiger partial charge is 0.300 e. The molecule has 0 heterocycles. The van der Waals surface area contributed by atoms with Gasteiger partial charge in [0.25, 0.3) is 11.9 Å². The van der Waals surface area contributed by atoms with Gasteiger partial charge >= 0.3 is 0 Å². The Morgan fingerprint density at radius 3 is 0.732 bits per heavy atom. The van der Waals surface area contributed by atoms with Crippen molar-refractivity contribution in [3.8, 4) is 17.2 Å². The van der Waals surface area contributed by atoms with E-state index in [1.165, 1.54) is 289 Å². The van der Waals surface area contributed by atoms with Crippen LogP contribution in [0.25, 0.3) is 0 Å². The minimum atomic E-state index is -0.833. The summed E-state index contributed by atoms with van der Waals surface area (Å²) in [5.41, 5.74) is 0.571. The van der Waals surface area contributed by atoms with Gasteiger partial charge in [0.05, 0.1) is 19.8 Å². The zero-order valence-corrected chi connectivity index (χ0v) is 48.2. The number of ether oxygens (including phenoxy) is 3. The standard InChI is InChI=1S/C62H117NO4.C2H4O2/c1-5-8-11-14-17-20-23-26-29-32-35-38-41-44-47-50-53-65-59-56-58(62(64)63-4)57-60(66-54-51-48-45-42-39-36-33-30-27-24-21-18-15-12-9-6-2)61(59)67-55-52-49-46-43-40-37-34-31-28-25-22-19-16-13-10-7-3;1-2(3)4/h56-57H,5-55H2,1-4H3,(H,63,64);1H3,(H,3,4). The molecule has 7 nitrogen and oxygen atoms in total. The van der Waals surface area contributed by atoms with Crippen molar-refractivity contribution in [2.75, 3.05) is 26.9 Å². The number of unbranched alkanes of at least 4 members (excludes halogenated alkanes) is 45. The fourth-order valence-electron chi connectivity index (χ4n) is 9.70. The maximum Gasteiger partial charge on any atom is 0.300 e. The summed E-state index contributed by atoms with van der Waals surface area (Å²) >= 11 is 0. The highest BCUT2D eigenvalue weighted by Crippen LogP contribution is 2.40. The average Bonchev–Trinajstić information content (AvgIpc) is 3.36. The number of hydrogen-bond acceptors (Lipinski definition) is 5. The van der Waals surface area contributed by atoms with Crippen LogP contribution in [-0.4, -0.2) is 43.9 Å². The van der Waals surface area contributed by atoms with Crippen LogP contribution in [0, 0.1) is 0 Å². The summed E-state index contributed by atoms with van der Waals surface area (Å²) < 4.78 is 19.5. The van der Waals surface area contributed by atoms with E-state index in [0.717, 1.165) is 26.2 Å². The molecule has 2 N–H and O–H groups in total. The quantitative estimate of drug-likeness (QED) is 0.0632. The topological polar surface area (TPSA) is 94.1 Å². The van der Waals surface area contributed by atoms with Crippen molar-refractivity contribution in [2.24, 2.45) is 0 Å². The summed E-state index contributed by atoms with van der Waals surface area (Å²) in [6.45, 7) is 9.88. The van der Waals surface area contributed by atoms with E-state index in [0.29, 0.717) is 42.6 Å². The minimum absolute atomic E-state index is 0.121. The molecule has 0 unspecified atom stereocenters. The molecule has 0 aliphatic heterocycles. The summed E-state index contributed by atoms with van der Waals surface area (Å²) in [6, 6.07) is 3.74. The lowest BCUT2D eigenvalue weighted by atomic mass is 10.0. The number of nitrogens with one attached hydrogen (secondary N) is 1. The zero-order valence-electron chi connectivity index (χ0n) is 48.2. The maximum absolute atomic E-state index is 13.0. The van der Waals surface area contributed by atoms with E-state index < -0.39 is 5.97 Å². The van der Waals surface area contributed by atoms with Gasteiger partial charge in [-0.05, 0) is 31.4 Å². The molecule has 0 radical (unpaired) electrons. The first kappa shape index (κ1) is 68.6. The van der Waals surface area contributed by atoms with Crippen LogP contribution in [0.5, 0.6) is 17.2 Å². The van der Waals surface area contributed by atoms with E-state index in [9.17, 15) is 4.79 Å². The number of benzene rings is 1. The molecule has 0 saturated heterocycles. The molecule has 0 aliphatic carbocycles. The number of rotatable bonds is 55. The molecule has 0 fully saturated rings. The fraction of sp³-hybridized carbons (Fsp3) is 0.875. The van der Waals surface area contributed by atoms with E-state index >= 15 is 0 Å². The third-order valence-electron chi connectivity index (χ3n) is 14.3. The lowest BCUT2D eigenvalue weighted by Crippen LogP contribution is -2.18. The highest BCUT2D eigenvalue weighted by molar-refractivity contribution is 5.95. The Morgan fingerprint density at radius 2 is 0.535 bits per heavy atom. The van der Waals surface area contributed by atoms with E-state index in [4.69, 9.17) is 24.1 Å². The molecule has 418 valence electrons. The summed E-state index contributed by atoms with van der Waals surface area (Å²) in [5.74, 6) is 1.03. The van der Waals surface area contributed by atoms with Gasteiger partial charge in [-0.15, -0.1) is 0 Å². The lowest BCUT2D eigenvalue weighted by Gasteiger charge is -2.19. The Kier molecular flexibility index (Phi) is 54.9.